The van der Waals surface area contributed by atoms with Crippen molar-refractivity contribution in [3.8, 4) is 11.5 Å². The number of carbonyl (C=O) groups is 2. The van der Waals surface area contributed by atoms with Gasteiger partial charge in [-0.15, -0.1) is 11.3 Å². The van der Waals surface area contributed by atoms with E-state index in [-0.39, 0.29) is 18.5 Å². The van der Waals surface area contributed by atoms with Gasteiger partial charge in [0.25, 0.3) is 0 Å². The molecule has 0 fully saturated rings. The largest absolute Gasteiger partial charge is 0.493 e. The van der Waals surface area contributed by atoms with Gasteiger partial charge in [0.2, 0.25) is 5.91 Å². The molecule has 3 rings (SSSR count). The van der Waals surface area contributed by atoms with Crippen LogP contribution in [0.3, 0.4) is 0 Å². The first-order chi connectivity index (χ1) is 18.2. The highest BCUT2D eigenvalue weighted by molar-refractivity contribution is 7.10. The summed E-state index contributed by atoms with van der Waals surface area (Å²) < 4.78 is 10.8. The molecule has 1 heterocycles. The predicted octanol–water partition coefficient (Wildman–Crippen LogP) is 6.90. The van der Waals surface area contributed by atoms with Crippen LogP contribution in [0.15, 0.2) is 47.8 Å². The van der Waals surface area contributed by atoms with E-state index in [1.807, 2.05) is 48.4 Å². The minimum Gasteiger partial charge on any atom is -0.493 e. The van der Waals surface area contributed by atoms with Crippen LogP contribution < -0.4 is 14.8 Å². The molecule has 0 aliphatic carbocycles. The lowest BCUT2D eigenvalue weighted by atomic mass is 10.1. The number of anilines is 1. The van der Waals surface area contributed by atoms with Crippen LogP contribution in [0.25, 0.3) is 0 Å². The number of ether oxygens (including phenoxy) is 2. The Hall–Kier alpha value is -2.94. The topological polar surface area (TPSA) is 71.1 Å². The van der Waals surface area contributed by atoms with E-state index in [1.165, 1.54) is 4.90 Å². The number of amides is 3. The van der Waals surface area contributed by atoms with E-state index in [4.69, 9.17) is 32.7 Å². The van der Waals surface area contributed by atoms with Gasteiger partial charge in [0.1, 0.15) is 6.54 Å². The summed E-state index contributed by atoms with van der Waals surface area (Å²) in [7, 11) is 3.20. The molecule has 0 aliphatic heterocycles. The van der Waals surface area contributed by atoms with Crippen molar-refractivity contribution in [1.82, 2.24) is 9.80 Å². The Labute approximate surface area is 238 Å². The molecule has 7 nitrogen and oxygen atoms in total. The molecule has 38 heavy (non-hydrogen) atoms. The lowest BCUT2D eigenvalue weighted by molar-refractivity contribution is -0.132. The van der Waals surface area contributed by atoms with Crippen molar-refractivity contribution < 1.29 is 19.1 Å². The summed E-state index contributed by atoms with van der Waals surface area (Å²) in [5, 5.41) is 5.59. The smallest absolute Gasteiger partial charge is 0.322 e. The van der Waals surface area contributed by atoms with Crippen molar-refractivity contribution in [2.24, 2.45) is 0 Å². The maximum Gasteiger partial charge on any atom is 0.322 e. The third-order valence-electron chi connectivity index (χ3n) is 6.05. The van der Waals surface area contributed by atoms with Gasteiger partial charge in [0.15, 0.2) is 11.5 Å². The fourth-order valence-electron chi connectivity index (χ4n) is 3.89. The average molecular weight is 579 g/mol. The summed E-state index contributed by atoms with van der Waals surface area (Å²) in [5.74, 6) is 1.17. The van der Waals surface area contributed by atoms with Crippen molar-refractivity contribution in [3.05, 3.63) is 73.9 Å². The van der Waals surface area contributed by atoms with E-state index in [0.29, 0.717) is 59.7 Å². The van der Waals surface area contributed by atoms with E-state index in [2.05, 4.69) is 5.32 Å². The molecular weight excluding hydrogens is 545 g/mol. The Morgan fingerprint density at radius 3 is 2.34 bits per heavy atom. The molecule has 2 aromatic carbocycles. The van der Waals surface area contributed by atoms with E-state index in [9.17, 15) is 9.59 Å². The number of rotatable bonds is 12. The molecule has 0 radical (unpaired) electrons. The van der Waals surface area contributed by atoms with Crippen LogP contribution in [0, 0.1) is 6.92 Å². The van der Waals surface area contributed by atoms with Crippen molar-refractivity contribution in [2.75, 3.05) is 39.2 Å². The molecule has 10 heteroatoms. The highest BCUT2D eigenvalue weighted by Gasteiger charge is 2.22. The van der Waals surface area contributed by atoms with Gasteiger partial charge in [-0.2, -0.15) is 0 Å². The monoisotopic (exact) mass is 577 g/mol. The van der Waals surface area contributed by atoms with E-state index in [0.717, 1.165) is 16.0 Å². The Morgan fingerprint density at radius 2 is 1.71 bits per heavy atom. The van der Waals surface area contributed by atoms with Crippen LogP contribution in [0.4, 0.5) is 10.5 Å². The van der Waals surface area contributed by atoms with Gasteiger partial charge in [-0.25, -0.2) is 4.79 Å². The zero-order valence-corrected chi connectivity index (χ0v) is 24.4. The molecule has 1 N–H and O–H groups in total. The number of hydrogen-bond donors (Lipinski definition) is 1. The Balaban J connectivity index is 1.75. The van der Waals surface area contributed by atoms with Crippen LogP contribution >= 0.6 is 34.5 Å². The fraction of sp³-hybridized carbons (Fsp3) is 0.357. The Bertz CT molecular complexity index is 1250. The molecule has 0 saturated heterocycles. The van der Waals surface area contributed by atoms with Crippen LogP contribution in [0.1, 0.15) is 29.3 Å². The first kappa shape index (κ1) is 29.6. The van der Waals surface area contributed by atoms with E-state index < -0.39 is 0 Å². The SMILES string of the molecule is CCCN(CC(=O)N(CCc1ccc(OC)c(OC)c1)Cc1sccc1C)C(=O)Nc1ccc(Cl)c(Cl)c1. The summed E-state index contributed by atoms with van der Waals surface area (Å²) in [5.41, 5.74) is 2.67. The van der Waals surface area contributed by atoms with Crippen molar-refractivity contribution >= 4 is 52.2 Å². The van der Waals surface area contributed by atoms with Gasteiger partial charge in [-0.3, -0.25) is 4.79 Å². The van der Waals surface area contributed by atoms with Crippen LogP contribution in [0.2, 0.25) is 10.0 Å². The number of hydrogen-bond acceptors (Lipinski definition) is 5. The van der Waals surface area contributed by atoms with Gasteiger partial charge in [0.05, 0.1) is 30.8 Å². The third-order valence-corrected chi connectivity index (χ3v) is 7.80. The van der Waals surface area contributed by atoms with Crippen molar-refractivity contribution in [2.45, 2.75) is 33.2 Å². The van der Waals surface area contributed by atoms with E-state index in [1.54, 1.807) is 43.8 Å². The number of halogens is 2. The quantitative estimate of drug-likeness (QED) is 0.254. The molecule has 0 saturated carbocycles. The molecule has 0 unspecified atom stereocenters. The molecule has 0 bridgehead atoms. The average Bonchev–Trinajstić information content (AvgIpc) is 3.31. The van der Waals surface area contributed by atoms with Crippen molar-refractivity contribution in [1.29, 1.82) is 0 Å². The summed E-state index contributed by atoms with van der Waals surface area (Å²) in [4.78, 5) is 31.1. The first-order valence-electron chi connectivity index (χ1n) is 12.3. The molecule has 1 aromatic heterocycles. The highest BCUT2D eigenvalue weighted by atomic mass is 35.5. The number of methoxy groups -OCH3 is 2. The molecular formula is C28H33Cl2N3O4S. The van der Waals surface area contributed by atoms with Gasteiger partial charge >= 0.3 is 6.03 Å². The number of carbonyl (C=O) groups excluding carboxylic acids is 2. The number of nitrogens with one attached hydrogen (secondary N) is 1. The maximum absolute atomic E-state index is 13.6. The zero-order valence-electron chi connectivity index (χ0n) is 22.1. The standard InChI is InChI=1S/C28H33Cl2N3O4S/c1-5-12-33(28(35)31-21-7-8-22(29)23(30)16-21)18-27(34)32(17-26-19(2)11-14-38-26)13-10-20-6-9-24(36-3)25(15-20)37-4/h6-9,11,14-16H,5,10,12-13,17-18H2,1-4H3,(H,31,35). The number of nitrogens with zero attached hydrogens (tertiary/aromatic N) is 2. The number of urea groups is 1. The van der Waals surface area contributed by atoms with Crippen LogP contribution in [-0.4, -0.2) is 55.6 Å². The second-order valence-electron chi connectivity index (χ2n) is 8.76. The van der Waals surface area contributed by atoms with Crippen LogP contribution in [0.5, 0.6) is 11.5 Å². The Morgan fingerprint density at radius 1 is 0.947 bits per heavy atom. The molecule has 0 aliphatic rings. The lowest BCUT2D eigenvalue weighted by Gasteiger charge is -2.28. The highest BCUT2D eigenvalue weighted by Crippen LogP contribution is 2.28. The second kappa shape index (κ2) is 14.3. The third kappa shape index (κ3) is 8.03. The molecule has 0 spiro atoms. The second-order valence-corrected chi connectivity index (χ2v) is 10.6. The molecule has 204 valence electrons. The lowest BCUT2D eigenvalue weighted by Crippen LogP contribution is -2.45. The van der Waals surface area contributed by atoms with Gasteiger partial charge < -0.3 is 24.6 Å². The normalized spacial score (nSPS) is 10.7. The number of thiophene rings is 1. The van der Waals surface area contributed by atoms with Crippen molar-refractivity contribution in [3.63, 3.8) is 0 Å². The minimum absolute atomic E-state index is 0.0443. The predicted molar refractivity (Wildman–Crippen MR) is 155 cm³/mol. The molecule has 0 atom stereocenters. The summed E-state index contributed by atoms with van der Waals surface area (Å²) >= 11 is 13.7. The Kier molecular flexibility index (Phi) is 11.1. The van der Waals surface area contributed by atoms with Crippen LogP contribution in [-0.2, 0) is 17.8 Å². The number of aryl methyl sites for hydroxylation is 1. The van der Waals surface area contributed by atoms with E-state index >= 15 is 0 Å². The van der Waals surface area contributed by atoms with Gasteiger partial charge in [-0.05, 0) is 72.7 Å². The fourth-order valence-corrected chi connectivity index (χ4v) is 5.11. The summed E-state index contributed by atoms with van der Waals surface area (Å²) in [6.45, 7) is 5.35. The molecule has 3 amide bonds. The maximum atomic E-state index is 13.6. The minimum atomic E-state index is -0.370. The van der Waals surface area contributed by atoms with Gasteiger partial charge in [0, 0.05) is 23.7 Å². The van der Waals surface area contributed by atoms with Gasteiger partial charge in [-0.1, -0.05) is 36.2 Å². The zero-order chi connectivity index (χ0) is 27.7. The summed E-state index contributed by atoms with van der Waals surface area (Å²) in [6, 6.07) is 12.3. The number of benzene rings is 2. The summed E-state index contributed by atoms with van der Waals surface area (Å²) in [6.07, 6.45) is 1.33. The first-order valence-corrected chi connectivity index (χ1v) is 13.9. The molecule has 3 aromatic rings.